The second-order valence-corrected chi connectivity index (χ2v) is 7.04. The van der Waals surface area contributed by atoms with Crippen LogP contribution in [-0.4, -0.2) is 42.1 Å². The molecule has 1 aliphatic rings. The van der Waals surface area contributed by atoms with E-state index in [1.165, 1.54) is 25.0 Å². The van der Waals surface area contributed by atoms with Gasteiger partial charge >= 0.3 is 0 Å². The summed E-state index contributed by atoms with van der Waals surface area (Å²) in [7, 11) is 0. The van der Waals surface area contributed by atoms with E-state index in [0.717, 1.165) is 24.7 Å². The molecule has 2 heterocycles. The number of hydrogen-bond acceptors (Lipinski definition) is 5. The summed E-state index contributed by atoms with van der Waals surface area (Å²) in [6.07, 6.45) is 4.19. The average Bonchev–Trinajstić information content (AvgIpc) is 2.65. The van der Waals surface area contributed by atoms with Crippen LogP contribution in [0.15, 0.2) is 36.7 Å². The van der Waals surface area contributed by atoms with E-state index in [-0.39, 0.29) is 18.1 Å². The smallest absolute Gasteiger partial charge is 0.224 e. The van der Waals surface area contributed by atoms with Gasteiger partial charge in [-0.05, 0) is 36.5 Å². The van der Waals surface area contributed by atoms with Gasteiger partial charge in [-0.2, -0.15) is 0 Å². The highest BCUT2D eigenvalue weighted by Crippen LogP contribution is 2.22. The number of carbonyl (C=O) groups is 1. The monoisotopic (exact) mass is 371 g/mol. The molecule has 7 heteroatoms. The maximum absolute atomic E-state index is 13.1. The fourth-order valence-electron chi connectivity index (χ4n) is 3.30. The predicted octanol–water partition coefficient (Wildman–Crippen LogP) is 2.62. The quantitative estimate of drug-likeness (QED) is 0.732. The van der Waals surface area contributed by atoms with Crippen molar-refractivity contribution >= 4 is 17.5 Å². The molecule has 27 heavy (non-hydrogen) atoms. The number of carbonyl (C=O) groups excluding carboxylic acids is 1. The molecule has 1 aromatic carbocycles. The van der Waals surface area contributed by atoms with Crippen LogP contribution in [0.1, 0.15) is 25.3 Å². The first-order valence-electron chi connectivity index (χ1n) is 9.42. The lowest BCUT2D eigenvalue weighted by molar-refractivity contribution is -0.120. The maximum Gasteiger partial charge on any atom is 0.224 e. The molecule has 0 spiro atoms. The molecule has 0 aliphatic carbocycles. The Morgan fingerprint density at radius 3 is 3.00 bits per heavy atom. The van der Waals surface area contributed by atoms with Gasteiger partial charge in [-0.15, -0.1) is 0 Å². The highest BCUT2D eigenvalue weighted by molar-refractivity contribution is 5.78. The fraction of sp³-hybridized carbons (Fsp3) is 0.450. The van der Waals surface area contributed by atoms with Gasteiger partial charge in [0.05, 0.1) is 6.42 Å². The van der Waals surface area contributed by atoms with Gasteiger partial charge in [0.1, 0.15) is 23.8 Å². The first kappa shape index (κ1) is 19.1. The van der Waals surface area contributed by atoms with Gasteiger partial charge in [0.25, 0.3) is 0 Å². The van der Waals surface area contributed by atoms with Crippen LogP contribution in [0.25, 0.3) is 0 Å². The number of aromatic nitrogens is 2. The summed E-state index contributed by atoms with van der Waals surface area (Å²) < 4.78 is 13.1. The molecule has 1 fully saturated rings. The lowest BCUT2D eigenvalue weighted by atomic mass is 10.0. The summed E-state index contributed by atoms with van der Waals surface area (Å²) in [5, 5.41) is 6.04. The number of benzene rings is 1. The normalized spacial score (nSPS) is 16.8. The number of nitrogens with one attached hydrogen (secondary N) is 2. The Bertz CT molecular complexity index is 770. The Labute approximate surface area is 159 Å². The van der Waals surface area contributed by atoms with Crippen molar-refractivity contribution in [2.24, 2.45) is 5.92 Å². The van der Waals surface area contributed by atoms with E-state index in [0.29, 0.717) is 24.6 Å². The summed E-state index contributed by atoms with van der Waals surface area (Å²) in [5.74, 6) is 1.91. The van der Waals surface area contributed by atoms with E-state index in [4.69, 9.17) is 0 Å². The Balaban J connectivity index is 1.42. The summed E-state index contributed by atoms with van der Waals surface area (Å²) in [6.45, 7) is 5.33. The van der Waals surface area contributed by atoms with Gasteiger partial charge in [-0.3, -0.25) is 4.79 Å². The number of halogens is 1. The molecular weight excluding hydrogens is 345 g/mol. The lowest BCUT2D eigenvalue weighted by Gasteiger charge is -2.31. The van der Waals surface area contributed by atoms with Crippen molar-refractivity contribution in [1.29, 1.82) is 0 Å². The van der Waals surface area contributed by atoms with Gasteiger partial charge in [-0.25, -0.2) is 14.4 Å². The van der Waals surface area contributed by atoms with Crippen molar-refractivity contribution in [2.75, 3.05) is 36.4 Å². The average molecular weight is 371 g/mol. The Hall–Kier alpha value is -2.70. The molecule has 0 saturated carbocycles. The molecule has 6 nitrogen and oxygen atoms in total. The van der Waals surface area contributed by atoms with E-state index < -0.39 is 0 Å². The third-order valence-electron chi connectivity index (χ3n) is 4.64. The Morgan fingerprint density at radius 1 is 1.30 bits per heavy atom. The molecule has 144 valence electrons. The van der Waals surface area contributed by atoms with Crippen LogP contribution in [0.4, 0.5) is 16.0 Å². The van der Waals surface area contributed by atoms with Crippen molar-refractivity contribution < 1.29 is 9.18 Å². The molecule has 0 bridgehead atoms. The number of amides is 1. The Kier molecular flexibility index (Phi) is 6.57. The molecule has 2 N–H and O–H groups in total. The minimum Gasteiger partial charge on any atom is -0.368 e. The molecule has 1 aromatic heterocycles. The SMILES string of the molecule is CC1CCCN(c2cc(NCCNC(=O)Cc3cccc(F)c3)ncn2)C1. The standard InChI is InChI=1S/C20H26FN5O/c1-15-4-3-9-26(13-15)19-12-18(24-14-25-19)22-7-8-23-20(27)11-16-5-2-6-17(21)10-16/h2,5-6,10,12,14-15H,3-4,7-9,11,13H2,1H3,(H,23,27)(H,22,24,25). The van der Waals surface area contributed by atoms with Gasteiger partial charge in [0, 0.05) is 32.2 Å². The van der Waals surface area contributed by atoms with Crippen LogP contribution in [0.5, 0.6) is 0 Å². The predicted molar refractivity (Wildman–Crippen MR) is 104 cm³/mol. The largest absolute Gasteiger partial charge is 0.368 e. The molecule has 1 unspecified atom stereocenters. The maximum atomic E-state index is 13.1. The van der Waals surface area contributed by atoms with E-state index in [1.54, 1.807) is 18.5 Å². The third-order valence-corrected chi connectivity index (χ3v) is 4.64. The topological polar surface area (TPSA) is 70.2 Å². The number of piperidine rings is 1. The molecular formula is C20H26FN5O. The third kappa shape index (κ3) is 5.91. The summed E-state index contributed by atoms with van der Waals surface area (Å²) in [5.41, 5.74) is 0.664. The van der Waals surface area contributed by atoms with Gasteiger partial charge in [0.2, 0.25) is 5.91 Å². The van der Waals surface area contributed by atoms with Crippen molar-refractivity contribution in [1.82, 2.24) is 15.3 Å². The zero-order valence-corrected chi connectivity index (χ0v) is 15.6. The van der Waals surface area contributed by atoms with Gasteiger partial charge in [0.15, 0.2) is 0 Å². The summed E-state index contributed by atoms with van der Waals surface area (Å²) in [4.78, 5) is 22.9. The van der Waals surface area contributed by atoms with Crippen LogP contribution in [0.3, 0.4) is 0 Å². The lowest BCUT2D eigenvalue weighted by Crippen LogP contribution is -2.35. The first-order chi connectivity index (χ1) is 13.1. The van der Waals surface area contributed by atoms with Crippen molar-refractivity contribution in [2.45, 2.75) is 26.2 Å². The van der Waals surface area contributed by atoms with E-state index >= 15 is 0 Å². The highest BCUT2D eigenvalue weighted by atomic mass is 19.1. The van der Waals surface area contributed by atoms with Crippen molar-refractivity contribution in [3.05, 3.63) is 48.0 Å². The van der Waals surface area contributed by atoms with Crippen LogP contribution in [0.2, 0.25) is 0 Å². The zero-order chi connectivity index (χ0) is 19.1. The molecule has 2 aromatic rings. The van der Waals surface area contributed by atoms with E-state index in [2.05, 4.69) is 32.4 Å². The molecule has 0 radical (unpaired) electrons. The summed E-state index contributed by atoms with van der Waals surface area (Å²) >= 11 is 0. The Morgan fingerprint density at radius 2 is 2.19 bits per heavy atom. The fourth-order valence-corrected chi connectivity index (χ4v) is 3.30. The zero-order valence-electron chi connectivity index (χ0n) is 15.6. The van der Waals surface area contributed by atoms with E-state index in [1.807, 2.05) is 6.07 Å². The number of anilines is 2. The van der Waals surface area contributed by atoms with Crippen LogP contribution < -0.4 is 15.5 Å². The molecule has 1 aliphatic heterocycles. The second-order valence-electron chi connectivity index (χ2n) is 7.04. The molecule has 1 atom stereocenters. The van der Waals surface area contributed by atoms with Crippen LogP contribution >= 0.6 is 0 Å². The number of nitrogens with zero attached hydrogens (tertiary/aromatic N) is 3. The van der Waals surface area contributed by atoms with Gasteiger partial charge in [-0.1, -0.05) is 19.1 Å². The summed E-state index contributed by atoms with van der Waals surface area (Å²) in [6, 6.07) is 8.04. The molecule has 3 rings (SSSR count). The second kappa shape index (κ2) is 9.30. The molecule has 1 amide bonds. The first-order valence-corrected chi connectivity index (χ1v) is 9.42. The number of hydrogen-bond donors (Lipinski definition) is 2. The van der Waals surface area contributed by atoms with Crippen LogP contribution in [-0.2, 0) is 11.2 Å². The van der Waals surface area contributed by atoms with Crippen LogP contribution in [0, 0.1) is 11.7 Å². The van der Waals surface area contributed by atoms with E-state index in [9.17, 15) is 9.18 Å². The van der Waals surface area contributed by atoms with Crippen molar-refractivity contribution in [3.8, 4) is 0 Å². The minimum atomic E-state index is -0.329. The van der Waals surface area contributed by atoms with Gasteiger partial charge < -0.3 is 15.5 Å². The highest BCUT2D eigenvalue weighted by Gasteiger charge is 2.17. The van der Waals surface area contributed by atoms with Crippen molar-refractivity contribution in [3.63, 3.8) is 0 Å². The number of rotatable bonds is 7. The molecule has 1 saturated heterocycles. The minimum absolute atomic E-state index is 0.131.